The number of aryl methyl sites for hydroxylation is 2. The van der Waals surface area contributed by atoms with E-state index >= 15 is 0 Å². The summed E-state index contributed by atoms with van der Waals surface area (Å²) >= 11 is 0. The molecule has 1 aliphatic carbocycles. The molecule has 2 aromatic carbocycles. The lowest BCUT2D eigenvalue weighted by Gasteiger charge is -2.33. The van der Waals surface area contributed by atoms with Crippen molar-refractivity contribution in [3.8, 4) is 0 Å². The Morgan fingerprint density at radius 3 is 2.44 bits per heavy atom. The summed E-state index contributed by atoms with van der Waals surface area (Å²) in [6.07, 6.45) is 2.84. The van der Waals surface area contributed by atoms with Crippen LogP contribution in [0.2, 0.25) is 0 Å². The van der Waals surface area contributed by atoms with Gasteiger partial charge in [0.05, 0.1) is 0 Å². The molecule has 2 saturated heterocycles. The molecular formula is C26H27N5O5. The maximum atomic E-state index is 13.4. The molecule has 10 heteroatoms. The first kappa shape index (κ1) is 23.5. The van der Waals surface area contributed by atoms with Gasteiger partial charge < -0.3 is 10.6 Å². The first-order chi connectivity index (χ1) is 17.2. The van der Waals surface area contributed by atoms with Crippen molar-refractivity contribution in [3.05, 3.63) is 71.3 Å². The molecule has 10 nitrogen and oxygen atoms in total. The Morgan fingerprint density at radius 1 is 0.944 bits per heavy atom. The smallest absolute Gasteiger partial charge is 0.322 e. The topological polar surface area (TPSA) is 128 Å². The van der Waals surface area contributed by atoms with Crippen molar-refractivity contribution in [3.63, 3.8) is 0 Å². The van der Waals surface area contributed by atoms with Crippen LogP contribution in [0.3, 0.4) is 0 Å². The van der Waals surface area contributed by atoms with Gasteiger partial charge in [0.15, 0.2) is 0 Å². The molecule has 2 fully saturated rings. The summed E-state index contributed by atoms with van der Waals surface area (Å²) in [6.45, 7) is 0.983. The number of carbonyl (C=O) groups is 5. The minimum Gasteiger partial charge on any atom is -0.322 e. The molecule has 3 N–H and O–H groups in total. The minimum atomic E-state index is -1.21. The van der Waals surface area contributed by atoms with Gasteiger partial charge in [-0.25, -0.2) is 9.59 Å². The standard InChI is InChI=1S/C26H27N5O5/c1-25(15-13-17-8-3-2-4-9-17)21(33)31(24(36)27-25)29-20(32)16-30-22(34)26(28-23(30)35)14-7-11-18-10-5-6-12-19(18)26/h2-6,8-10,12H,7,11,13-16H2,1H3,(H,27,36)(H,28,35)(H,29,32)/t25-,26+/m1/s1. The Labute approximate surface area is 208 Å². The molecule has 1 spiro atoms. The summed E-state index contributed by atoms with van der Waals surface area (Å²) in [5, 5.41) is 6.04. The van der Waals surface area contributed by atoms with E-state index in [9.17, 15) is 24.0 Å². The van der Waals surface area contributed by atoms with Crippen LogP contribution in [0.5, 0.6) is 0 Å². The third-order valence-corrected chi connectivity index (χ3v) is 7.21. The summed E-state index contributed by atoms with van der Waals surface area (Å²) in [5.74, 6) is -1.94. The van der Waals surface area contributed by atoms with Gasteiger partial charge in [-0.15, -0.1) is 0 Å². The Balaban J connectivity index is 1.25. The number of fused-ring (bicyclic) bond motifs is 2. The van der Waals surface area contributed by atoms with Crippen LogP contribution in [0.15, 0.2) is 54.6 Å². The van der Waals surface area contributed by atoms with Crippen LogP contribution in [0.4, 0.5) is 9.59 Å². The third-order valence-electron chi connectivity index (χ3n) is 7.21. The van der Waals surface area contributed by atoms with Gasteiger partial charge in [0.1, 0.15) is 17.6 Å². The van der Waals surface area contributed by atoms with Gasteiger partial charge >= 0.3 is 12.1 Å². The van der Waals surface area contributed by atoms with Crippen LogP contribution >= 0.6 is 0 Å². The van der Waals surface area contributed by atoms with Gasteiger partial charge in [0.25, 0.3) is 17.7 Å². The molecule has 3 aliphatic rings. The average molecular weight is 490 g/mol. The molecule has 7 amide bonds. The number of benzene rings is 2. The van der Waals surface area contributed by atoms with Gasteiger partial charge in [0.2, 0.25) is 0 Å². The fourth-order valence-corrected chi connectivity index (χ4v) is 5.25. The van der Waals surface area contributed by atoms with E-state index in [0.717, 1.165) is 28.0 Å². The fraction of sp³-hybridized carbons (Fsp3) is 0.346. The number of imide groups is 2. The van der Waals surface area contributed by atoms with Gasteiger partial charge in [-0.3, -0.25) is 24.7 Å². The maximum Gasteiger partial charge on any atom is 0.344 e. The molecule has 2 atom stereocenters. The van der Waals surface area contributed by atoms with Crippen LogP contribution < -0.4 is 16.1 Å². The first-order valence-corrected chi connectivity index (χ1v) is 12.0. The van der Waals surface area contributed by atoms with Crippen LogP contribution in [0.1, 0.15) is 42.9 Å². The second-order valence-electron chi connectivity index (χ2n) is 9.66. The Bertz CT molecular complexity index is 1260. The Kier molecular flexibility index (Phi) is 5.74. The average Bonchev–Trinajstić information content (AvgIpc) is 3.23. The number of hydrogen-bond donors (Lipinski definition) is 3. The Morgan fingerprint density at radius 2 is 1.67 bits per heavy atom. The summed E-state index contributed by atoms with van der Waals surface area (Å²) < 4.78 is 0. The van der Waals surface area contributed by atoms with Crippen LogP contribution in [-0.2, 0) is 32.8 Å². The van der Waals surface area contributed by atoms with E-state index in [4.69, 9.17) is 0 Å². The van der Waals surface area contributed by atoms with Gasteiger partial charge in [-0.2, -0.15) is 5.01 Å². The highest BCUT2D eigenvalue weighted by Crippen LogP contribution is 2.39. The zero-order chi connectivity index (χ0) is 25.5. The largest absolute Gasteiger partial charge is 0.344 e. The van der Waals surface area contributed by atoms with Gasteiger partial charge in [0, 0.05) is 0 Å². The van der Waals surface area contributed by atoms with Crippen molar-refractivity contribution in [1.82, 2.24) is 26.0 Å². The van der Waals surface area contributed by atoms with E-state index in [1.807, 2.05) is 54.6 Å². The summed E-state index contributed by atoms with van der Waals surface area (Å²) in [7, 11) is 0. The first-order valence-electron chi connectivity index (χ1n) is 12.0. The number of rotatable bonds is 6. The lowest BCUT2D eigenvalue weighted by Crippen LogP contribution is -2.52. The summed E-state index contributed by atoms with van der Waals surface area (Å²) in [5.41, 5.74) is 2.60. The molecule has 0 unspecified atom stereocenters. The molecular weight excluding hydrogens is 462 g/mol. The number of hydrogen-bond acceptors (Lipinski definition) is 5. The van der Waals surface area contributed by atoms with Crippen molar-refractivity contribution < 1.29 is 24.0 Å². The van der Waals surface area contributed by atoms with Crippen molar-refractivity contribution in [1.29, 1.82) is 0 Å². The molecule has 5 rings (SSSR count). The third kappa shape index (κ3) is 3.88. The number of hydrazine groups is 1. The van der Waals surface area contributed by atoms with Crippen molar-refractivity contribution in [2.24, 2.45) is 0 Å². The molecule has 2 heterocycles. The number of nitrogens with zero attached hydrogens (tertiary/aromatic N) is 2. The Hall–Kier alpha value is -4.21. The molecule has 2 aliphatic heterocycles. The lowest BCUT2D eigenvalue weighted by atomic mass is 9.76. The molecule has 2 aromatic rings. The SMILES string of the molecule is C[C@]1(CCc2ccccc2)NC(=O)N(NC(=O)CN2C(=O)N[C@]3(CCCc4ccccc43)C2=O)C1=O. The van der Waals surface area contributed by atoms with E-state index in [-0.39, 0.29) is 0 Å². The lowest BCUT2D eigenvalue weighted by molar-refractivity contribution is -0.141. The summed E-state index contributed by atoms with van der Waals surface area (Å²) in [6, 6.07) is 15.5. The number of nitrogens with one attached hydrogen (secondary N) is 3. The van der Waals surface area contributed by atoms with Crippen LogP contribution in [-0.4, -0.2) is 51.8 Å². The molecule has 0 radical (unpaired) electrons. The molecule has 186 valence electrons. The van der Waals surface area contributed by atoms with E-state index in [1.54, 1.807) is 6.92 Å². The van der Waals surface area contributed by atoms with Crippen molar-refractivity contribution in [2.45, 2.75) is 50.1 Å². The predicted molar refractivity (Wildman–Crippen MR) is 128 cm³/mol. The molecule has 36 heavy (non-hydrogen) atoms. The van der Waals surface area contributed by atoms with Gasteiger partial charge in [-0.05, 0) is 55.7 Å². The molecule has 0 aromatic heterocycles. The highest BCUT2D eigenvalue weighted by molar-refractivity contribution is 6.11. The van der Waals surface area contributed by atoms with Crippen molar-refractivity contribution >= 4 is 29.8 Å². The van der Waals surface area contributed by atoms with Crippen LogP contribution in [0, 0.1) is 0 Å². The molecule has 0 saturated carbocycles. The normalized spacial score (nSPS) is 25.1. The monoisotopic (exact) mass is 489 g/mol. The second-order valence-corrected chi connectivity index (χ2v) is 9.66. The summed E-state index contributed by atoms with van der Waals surface area (Å²) in [4.78, 5) is 65.3. The number of carbonyl (C=O) groups excluding carboxylic acids is 5. The van der Waals surface area contributed by atoms with E-state index in [2.05, 4.69) is 16.1 Å². The van der Waals surface area contributed by atoms with E-state index in [1.165, 1.54) is 0 Å². The predicted octanol–water partition coefficient (Wildman–Crippen LogP) is 1.74. The highest BCUT2D eigenvalue weighted by Gasteiger charge is 2.54. The van der Waals surface area contributed by atoms with E-state index in [0.29, 0.717) is 30.7 Å². The zero-order valence-electron chi connectivity index (χ0n) is 19.9. The van der Waals surface area contributed by atoms with Gasteiger partial charge in [-0.1, -0.05) is 54.6 Å². The minimum absolute atomic E-state index is 0.336. The van der Waals surface area contributed by atoms with Crippen molar-refractivity contribution in [2.75, 3.05) is 6.54 Å². The highest BCUT2D eigenvalue weighted by atomic mass is 16.2. The number of urea groups is 2. The molecule has 0 bridgehead atoms. The zero-order valence-corrected chi connectivity index (χ0v) is 19.9. The second kappa shape index (κ2) is 8.78. The van der Waals surface area contributed by atoms with Crippen LogP contribution in [0.25, 0.3) is 0 Å². The maximum absolute atomic E-state index is 13.4. The number of amides is 7. The fourth-order valence-electron chi connectivity index (χ4n) is 5.25. The quantitative estimate of drug-likeness (QED) is 0.533. The van der Waals surface area contributed by atoms with E-state index < -0.39 is 47.4 Å².